The maximum absolute atomic E-state index is 14.0. The predicted octanol–water partition coefficient (Wildman–Crippen LogP) is 4.70. The number of nitrogens with zero attached hydrogens (tertiary/aromatic N) is 3. The summed E-state index contributed by atoms with van der Waals surface area (Å²) in [5.74, 6) is -0.598. The molecule has 5 rings (SSSR count). The first kappa shape index (κ1) is 28.0. The lowest BCUT2D eigenvalue weighted by Gasteiger charge is -2.37. The quantitative estimate of drug-likeness (QED) is 0.483. The monoisotopic (exact) mass is 560 g/mol. The summed E-state index contributed by atoms with van der Waals surface area (Å²) in [6, 6.07) is 2.51. The van der Waals surface area contributed by atoms with Gasteiger partial charge in [-0.1, -0.05) is 49.8 Å². The van der Waals surface area contributed by atoms with Crippen molar-refractivity contribution in [2.75, 3.05) is 13.2 Å². The van der Waals surface area contributed by atoms with Gasteiger partial charge in [-0.05, 0) is 61.5 Å². The van der Waals surface area contributed by atoms with E-state index < -0.39 is 24.7 Å². The number of aromatic nitrogens is 2. The molecular formula is C29H38ClFN4O4. The Morgan fingerprint density at radius 1 is 1.08 bits per heavy atom. The molecule has 0 unspecified atom stereocenters. The van der Waals surface area contributed by atoms with Crippen molar-refractivity contribution in [3.05, 3.63) is 34.7 Å². The molecule has 3 atom stereocenters. The highest BCUT2D eigenvalue weighted by Gasteiger charge is 2.46. The number of amides is 1. The van der Waals surface area contributed by atoms with E-state index >= 15 is 0 Å². The van der Waals surface area contributed by atoms with Gasteiger partial charge in [0.1, 0.15) is 17.5 Å². The minimum absolute atomic E-state index is 0.00682. The van der Waals surface area contributed by atoms with Gasteiger partial charge in [0.05, 0.1) is 6.04 Å². The third kappa shape index (κ3) is 5.71. The molecule has 2 saturated carbocycles. The molecule has 39 heavy (non-hydrogen) atoms. The van der Waals surface area contributed by atoms with Gasteiger partial charge in [0, 0.05) is 31.1 Å². The van der Waals surface area contributed by atoms with Crippen molar-refractivity contribution < 1.29 is 23.9 Å². The standard InChI is InChI=1S/C29H38ClFN4O4/c30-27-25(29(38)39)33-24-11-6-17(16-35(24)27)14-23(36)26-21(18-4-2-1-3-5-18)12-13-34(26)28(37)20-9-7-19(8-10-20)22(32)15-31/h6,11,16,18-22,26H,1-5,7-10,12-15,32H2,(H,38,39)/t19?,20?,21-,22+,26-/m0/s1. The summed E-state index contributed by atoms with van der Waals surface area (Å²) < 4.78 is 14.6. The molecule has 212 valence electrons. The van der Waals surface area contributed by atoms with E-state index in [1.165, 1.54) is 10.8 Å². The molecule has 3 heterocycles. The van der Waals surface area contributed by atoms with Crippen LogP contribution < -0.4 is 5.73 Å². The summed E-state index contributed by atoms with van der Waals surface area (Å²) in [5.41, 5.74) is 6.80. The van der Waals surface area contributed by atoms with Crippen LogP contribution in [0.5, 0.6) is 0 Å². The number of hydrogen-bond donors (Lipinski definition) is 2. The molecule has 0 bridgehead atoms. The van der Waals surface area contributed by atoms with Crippen LogP contribution in [-0.2, 0) is 16.0 Å². The van der Waals surface area contributed by atoms with Crippen LogP contribution in [0.25, 0.3) is 5.65 Å². The van der Waals surface area contributed by atoms with E-state index in [9.17, 15) is 23.9 Å². The average molecular weight is 561 g/mol. The second kappa shape index (κ2) is 11.9. The van der Waals surface area contributed by atoms with Gasteiger partial charge in [-0.25, -0.2) is 14.2 Å². The van der Waals surface area contributed by atoms with E-state index in [0.717, 1.165) is 44.9 Å². The van der Waals surface area contributed by atoms with Gasteiger partial charge in [-0.15, -0.1) is 0 Å². The zero-order valence-electron chi connectivity index (χ0n) is 22.2. The van der Waals surface area contributed by atoms with Crippen LogP contribution in [0.1, 0.15) is 80.3 Å². The van der Waals surface area contributed by atoms with Gasteiger partial charge >= 0.3 is 5.97 Å². The van der Waals surface area contributed by atoms with Crippen LogP contribution in [0.3, 0.4) is 0 Å². The van der Waals surface area contributed by atoms with Gasteiger partial charge < -0.3 is 15.7 Å². The predicted molar refractivity (Wildman–Crippen MR) is 145 cm³/mol. The van der Waals surface area contributed by atoms with E-state index in [0.29, 0.717) is 36.5 Å². The molecule has 3 aliphatic rings. The normalized spacial score (nSPS) is 27.1. The van der Waals surface area contributed by atoms with Crippen molar-refractivity contribution >= 4 is 34.9 Å². The Balaban J connectivity index is 1.36. The SMILES string of the molecule is N[C@H](CF)C1CCC(C(=O)N2CC[C@@H](C3CCCCC3)[C@H]2C(=O)Cc2ccc3nc(C(=O)O)c(Cl)n3c2)CC1. The minimum atomic E-state index is -1.21. The molecule has 2 aromatic rings. The number of rotatable bonds is 8. The van der Waals surface area contributed by atoms with Crippen molar-refractivity contribution in [1.29, 1.82) is 0 Å². The van der Waals surface area contributed by atoms with Gasteiger partial charge in [-0.3, -0.25) is 14.0 Å². The molecule has 0 spiro atoms. The summed E-state index contributed by atoms with van der Waals surface area (Å²) in [6.07, 6.45) is 11.2. The van der Waals surface area contributed by atoms with Crippen LogP contribution in [0, 0.1) is 23.7 Å². The molecule has 3 N–H and O–H groups in total. The number of imidazole rings is 1. The Morgan fingerprint density at radius 3 is 2.46 bits per heavy atom. The summed E-state index contributed by atoms with van der Waals surface area (Å²) in [7, 11) is 0. The Bertz CT molecular complexity index is 1220. The van der Waals surface area contributed by atoms with Crippen LogP contribution in [0.4, 0.5) is 4.39 Å². The first-order valence-electron chi connectivity index (χ1n) is 14.3. The molecule has 3 fully saturated rings. The first-order valence-corrected chi connectivity index (χ1v) is 14.7. The second-order valence-electron chi connectivity index (χ2n) is 11.7. The Labute approximate surface area is 233 Å². The van der Waals surface area contributed by atoms with Crippen molar-refractivity contribution in [2.24, 2.45) is 29.4 Å². The number of Topliss-reactive ketones (excluding diaryl/α,β-unsaturated/α-hetero) is 1. The van der Waals surface area contributed by atoms with Crippen molar-refractivity contribution in [1.82, 2.24) is 14.3 Å². The highest BCUT2D eigenvalue weighted by atomic mass is 35.5. The fourth-order valence-corrected chi connectivity index (χ4v) is 7.55. The largest absolute Gasteiger partial charge is 0.476 e. The molecule has 2 aliphatic carbocycles. The van der Waals surface area contributed by atoms with E-state index in [4.69, 9.17) is 17.3 Å². The van der Waals surface area contributed by atoms with Gasteiger partial charge in [0.15, 0.2) is 11.5 Å². The zero-order valence-corrected chi connectivity index (χ0v) is 23.0. The lowest BCUT2D eigenvalue weighted by atomic mass is 9.75. The first-order chi connectivity index (χ1) is 18.8. The Hall–Kier alpha value is -2.52. The van der Waals surface area contributed by atoms with E-state index in [1.54, 1.807) is 18.3 Å². The molecule has 0 aromatic carbocycles. The summed E-state index contributed by atoms with van der Waals surface area (Å²) in [5, 5.41) is 9.34. The van der Waals surface area contributed by atoms with Crippen molar-refractivity contribution in [3.63, 3.8) is 0 Å². The number of ketones is 1. The van der Waals surface area contributed by atoms with Crippen LogP contribution in [-0.4, -0.2) is 62.4 Å². The third-order valence-electron chi connectivity index (χ3n) is 9.42. The zero-order chi connectivity index (χ0) is 27.7. The maximum atomic E-state index is 14.0. The highest BCUT2D eigenvalue weighted by Crippen LogP contribution is 2.41. The Kier molecular flexibility index (Phi) is 8.57. The molecule has 1 amide bonds. The van der Waals surface area contributed by atoms with Gasteiger partial charge in [0.25, 0.3) is 0 Å². The lowest BCUT2D eigenvalue weighted by Crippen LogP contribution is -2.48. The van der Waals surface area contributed by atoms with E-state index in [2.05, 4.69) is 4.98 Å². The lowest BCUT2D eigenvalue weighted by molar-refractivity contribution is -0.143. The van der Waals surface area contributed by atoms with Crippen LogP contribution in [0.2, 0.25) is 5.15 Å². The average Bonchev–Trinajstić information content (AvgIpc) is 3.54. The summed E-state index contributed by atoms with van der Waals surface area (Å²) in [4.78, 5) is 45.1. The van der Waals surface area contributed by atoms with E-state index in [-0.39, 0.29) is 46.7 Å². The number of fused-ring (bicyclic) bond motifs is 1. The number of likely N-dealkylation sites (tertiary alicyclic amines) is 1. The molecule has 1 aliphatic heterocycles. The van der Waals surface area contributed by atoms with Crippen LogP contribution in [0.15, 0.2) is 18.3 Å². The number of hydrogen-bond acceptors (Lipinski definition) is 5. The number of aromatic carboxylic acids is 1. The van der Waals surface area contributed by atoms with Gasteiger partial charge in [0.2, 0.25) is 5.91 Å². The number of carboxylic acids is 1. The fraction of sp³-hybridized carbons (Fsp3) is 0.655. The van der Waals surface area contributed by atoms with Gasteiger partial charge in [-0.2, -0.15) is 0 Å². The number of carbonyl (C=O) groups excluding carboxylic acids is 2. The summed E-state index contributed by atoms with van der Waals surface area (Å²) >= 11 is 6.26. The molecule has 2 aromatic heterocycles. The number of nitrogens with two attached hydrogens (primary N) is 1. The van der Waals surface area contributed by atoms with Crippen molar-refractivity contribution in [3.8, 4) is 0 Å². The fourth-order valence-electron chi connectivity index (χ4n) is 7.29. The van der Waals surface area contributed by atoms with Crippen molar-refractivity contribution in [2.45, 2.75) is 82.7 Å². The number of carbonyl (C=O) groups is 3. The minimum Gasteiger partial charge on any atom is -0.476 e. The molecule has 8 nitrogen and oxygen atoms in total. The number of carboxylic acid groups (broad SMARTS) is 1. The van der Waals surface area contributed by atoms with E-state index in [1.807, 2.05) is 4.90 Å². The number of halogens is 2. The second-order valence-corrected chi connectivity index (χ2v) is 12.1. The Morgan fingerprint density at radius 2 is 1.79 bits per heavy atom. The highest BCUT2D eigenvalue weighted by molar-refractivity contribution is 6.32. The topological polar surface area (TPSA) is 118 Å². The summed E-state index contributed by atoms with van der Waals surface area (Å²) in [6.45, 7) is 0.0530. The molecule has 1 saturated heterocycles. The number of pyridine rings is 1. The molecule has 0 radical (unpaired) electrons. The third-order valence-corrected chi connectivity index (χ3v) is 9.78. The molecule has 10 heteroatoms. The maximum Gasteiger partial charge on any atom is 0.357 e. The number of alkyl halides is 1. The van der Waals surface area contributed by atoms with Crippen LogP contribution >= 0.6 is 11.6 Å². The smallest absolute Gasteiger partial charge is 0.357 e. The molecular weight excluding hydrogens is 523 g/mol.